The van der Waals surface area contributed by atoms with Crippen LogP contribution in [0.3, 0.4) is 0 Å². The third-order valence-corrected chi connectivity index (χ3v) is 2.53. The van der Waals surface area contributed by atoms with E-state index in [1.54, 1.807) is 6.20 Å². The average Bonchev–Trinajstić information content (AvgIpc) is 2.33. The lowest BCUT2D eigenvalue weighted by atomic mass is 10.3. The SMILES string of the molecule is C[C@@H](CN(C)C)Nc1ncc(Cl)s1. The quantitative estimate of drug-likeness (QED) is 0.842. The second kappa shape index (κ2) is 4.79. The zero-order valence-electron chi connectivity index (χ0n) is 8.04. The number of halogens is 1. The van der Waals surface area contributed by atoms with Crippen LogP contribution in [0.5, 0.6) is 0 Å². The van der Waals surface area contributed by atoms with Gasteiger partial charge in [-0.25, -0.2) is 4.98 Å². The predicted octanol–water partition coefficient (Wildman–Crippen LogP) is 2.16. The minimum atomic E-state index is 0.386. The van der Waals surface area contributed by atoms with Gasteiger partial charge < -0.3 is 10.2 Å². The highest BCUT2D eigenvalue weighted by molar-refractivity contribution is 7.19. The van der Waals surface area contributed by atoms with E-state index in [1.807, 2.05) is 14.1 Å². The molecule has 0 fully saturated rings. The molecule has 0 spiro atoms. The second-order valence-corrected chi connectivity index (χ2v) is 4.94. The minimum absolute atomic E-state index is 0.386. The van der Waals surface area contributed by atoms with Crippen LogP contribution in [-0.2, 0) is 0 Å². The fraction of sp³-hybridized carbons (Fsp3) is 0.625. The van der Waals surface area contributed by atoms with Gasteiger partial charge in [-0.15, -0.1) is 0 Å². The molecule has 0 bridgehead atoms. The summed E-state index contributed by atoms with van der Waals surface area (Å²) in [6, 6.07) is 0.386. The first-order valence-electron chi connectivity index (χ1n) is 4.10. The van der Waals surface area contributed by atoms with Gasteiger partial charge in [-0.2, -0.15) is 0 Å². The van der Waals surface area contributed by atoms with Crippen LogP contribution in [0.1, 0.15) is 6.92 Å². The van der Waals surface area contributed by atoms with E-state index >= 15 is 0 Å². The van der Waals surface area contributed by atoms with E-state index in [4.69, 9.17) is 11.6 Å². The van der Waals surface area contributed by atoms with Crippen molar-refractivity contribution in [3.05, 3.63) is 10.5 Å². The van der Waals surface area contributed by atoms with Gasteiger partial charge in [0.1, 0.15) is 4.34 Å². The normalized spacial score (nSPS) is 13.3. The van der Waals surface area contributed by atoms with Crippen LogP contribution < -0.4 is 5.32 Å². The molecule has 0 aliphatic rings. The molecule has 0 saturated carbocycles. The molecule has 5 heteroatoms. The smallest absolute Gasteiger partial charge is 0.184 e. The van der Waals surface area contributed by atoms with E-state index in [0.717, 1.165) is 16.0 Å². The molecular formula is C8H14ClN3S. The van der Waals surface area contributed by atoms with Crippen LogP contribution in [0.4, 0.5) is 5.13 Å². The predicted molar refractivity (Wildman–Crippen MR) is 58.8 cm³/mol. The Morgan fingerprint density at radius 1 is 1.69 bits per heavy atom. The molecule has 0 aliphatic carbocycles. The van der Waals surface area contributed by atoms with Gasteiger partial charge in [0.2, 0.25) is 0 Å². The fourth-order valence-electron chi connectivity index (χ4n) is 1.13. The maximum atomic E-state index is 5.76. The maximum Gasteiger partial charge on any atom is 0.184 e. The number of hydrogen-bond acceptors (Lipinski definition) is 4. The minimum Gasteiger partial charge on any atom is -0.358 e. The summed E-state index contributed by atoms with van der Waals surface area (Å²) in [5.41, 5.74) is 0. The molecule has 1 rings (SSSR count). The van der Waals surface area contributed by atoms with E-state index in [9.17, 15) is 0 Å². The van der Waals surface area contributed by atoms with Gasteiger partial charge >= 0.3 is 0 Å². The monoisotopic (exact) mass is 219 g/mol. The zero-order valence-corrected chi connectivity index (χ0v) is 9.61. The largest absolute Gasteiger partial charge is 0.358 e. The van der Waals surface area contributed by atoms with Crippen molar-refractivity contribution in [3.63, 3.8) is 0 Å². The maximum absolute atomic E-state index is 5.76. The van der Waals surface area contributed by atoms with Gasteiger partial charge in [0.05, 0.1) is 6.20 Å². The molecule has 1 heterocycles. The first kappa shape index (κ1) is 10.8. The van der Waals surface area contributed by atoms with Crippen molar-refractivity contribution < 1.29 is 0 Å². The summed E-state index contributed by atoms with van der Waals surface area (Å²) < 4.78 is 0.722. The Balaban J connectivity index is 2.40. The van der Waals surface area contributed by atoms with E-state index in [0.29, 0.717) is 6.04 Å². The first-order valence-corrected chi connectivity index (χ1v) is 5.30. The third kappa shape index (κ3) is 3.93. The summed E-state index contributed by atoms with van der Waals surface area (Å²) in [6.07, 6.45) is 1.66. The number of rotatable bonds is 4. The summed E-state index contributed by atoms with van der Waals surface area (Å²) in [5, 5.41) is 4.16. The molecule has 1 N–H and O–H groups in total. The third-order valence-electron chi connectivity index (χ3n) is 1.49. The van der Waals surface area contributed by atoms with Gasteiger partial charge in [-0.1, -0.05) is 22.9 Å². The molecule has 0 aromatic carbocycles. The van der Waals surface area contributed by atoms with Crippen LogP contribution in [0.15, 0.2) is 6.20 Å². The Morgan fingerprint density at radius 3 is 2.85 bits per heavy atom. The number of thiazole rings is 1. The molecule has 0 unspecified atom stereocenters. The van der Waals surface area contributed by atoms with Crippen molar-refractivity contribution in [1.29, 1.82) is 0 Å². The lowest BCUT2D eigenvalue weighted by Gasteiger charge is -2.17. The van der Waals surface area contributed by atoms with Crippen LogP contribution in [0, 0.1) is 0 Å². The zero-order chi connectivity index (χ0) is 9.84. The Bertz CT molecular complexity index is 262. The van der Waals surface area contributed by atoms with Gasteiger partial charge in [-0.05, 0) is 21.0 Å². The van der Waals surface area contributed by atoms with Gasteiger partial charge in [0.25, 0.3) is 0 Å². The van der Waals surface area contributed by atoms with E-state index in [-0.39, 0.29) is 0 Å². The van der Waals surface area contributed by atoms with Crippen molar-refractivity contribution in [2.45, 2.75) is 13.0 Å². The van der Waals surface area contributed by atoms with Crippen molar-refractivity contribution in [3.8, 4) is 0 Å². The lowest BCUT2D eigenvalue weighted by Crippen LogP contribution is -2.29. The van der Waals surface area contributed by atoms with Crippen LogP contribution in [0.2, 0.25) is 4.34 Å². The van der Waals surface area contributed by atoms with Gasteiger partial charge in [0.15, 0.2) is 5.13 Å². The summed E-state index contributed by atoms with van der Waals surface area (Å²) in [4.78, 5) is 6.25. The number of likely N-dealkylation sites (N-methyl/N-ethyl adjacent to an activating group) is 1. The molecule has 13 heavy (non-hydrogen) atoms. The number of anilines is 1. The first-order chi connectivity index (χ1) is 6.08. The number of aromatic nitrogens is 1. The average molecular weight is 220 g/mol. The van der Waals surface area contributed by atoms with Crippen molar-refractivity contribution >= 4 is 28.1 Å². The molecule has 1 aromatic heterocycles. The van der Waals surface area contributed by atoms with Gasteiger partial charge in [-0.3, -0.25) is 0 Å². The Kier molecular flexibility index (Phi) is 3.96. The number of hydrogen-bond donors (Lipinski definition) is 1. The van der Waals surface area contributed by atoms with Crippen molar-refractivity contribution in [2.75, 3.05) is 26.0 Å². The lowest BCUT2D eigenvalue weighted by molar-refractivity contribution is 0.392. The summed E-state index contributed by atoms with van der Waals surface area (Å²) >= 11 is 7.22. The standard InChI is InChI=1S/C8H14ClN3S/c1-6(5-12(2)3)11-8-10-4-7(9)13-8/h4,6H,5H2,1-3H3,(H,10,11)/t6-/m0/s1. The van der Waals surface area contributed by atoms with Crippen LogP contribution in [0.25, 0.3) is 0 Å². The molecule has 3 nitrogen and oxygen atoms in total. The van der Waals surface area contributed by atoms with Crippen molar-refractivity contribution in [1.82, 2.24) is 9.88 Å². The molecule has 0 radical (unpaired) electrons. The molecule has 0 aliphatic heterocycles. The molecule has 0 amide bonds. The van der Waals surface area contributed by atoms with E-state index in [2.05, 4.69) is 22.1 Å². The highest BCUT2D eigenvalue weighted by Crippen LogP contribution is 2.22. The summed E-state index contributed by atoms with van der Waals surface area (Å²) in [6.45, 7) is 3.10. The fourth-order valence-corrected chi connectivity index (χ4v) is 2.05. The van der Waals surface area contributed by atoms with Crippen LogP contribution >= 0.6 is 22.9 Å². The Labute approximate surface area is 87.7 Å². The van der Waals surface area contributed by atoms with E-state index < -0.39 is 0 Å². The Morgan fingerprint density at radius 2 is 2.38 bits per heavy atom. The number of nitrogens with one attached hydrogen (secondary N) is 1. The topological polar surface area (TPSA) is 28.2 Å². The highest BCUT2D eigenvalue weighted by Gasteiger charge is 2.05. The molecule has 74 valence electrons. The van der Waals surface area contributed by atoms with Gasteiger partial charge in [0, 0.05) is 12.6 Å². The molecule has 0 saturated heterocycles. The second-order valence-electron chi connectivity index (χ2n) is 3.28. The van der Waals surface area contributed by atoms with Crippen LogP contribution in [-0.4, -0.2) is 36.6 Å². The Hall–Kier alpha value is -0.320. The van der Waals surface area contributed by atoms with E-state index in [1.165, 1.54) is 11.3 Å². The molecular weight excluding hydrogens is 206 g/mol. The summed E-state index contributed by atoms with van der Waals surface area (Å²) in [7, 11) is 4.10. The summed E-state index contributed by atoms with van der Waals surface area (Å²) in [5.74, 6) is 0. The molecule has 1 aromatic rings. The number of nitrogens with zero attached hydrogens (tertiary/aromatic N) is 2. The highest BCUT2D eigenvalue weighted by atomic mass is 35.5. The van der Waals surface area contributed by atoms with Crippen molar-refractivity contribution in [2.24, 2.45) is 0 Å². The molecule has 1 atom stereocenters.